The lowest BCUT2D eigenvalue weighted by atomic mass is 9.97. The Labute approximate surface area is 161 Å². The van der Waals surface area contributed by atoms with E-state index in [-0.39, 0.29) is 24.5 Å². The minimum atomic E-state index is -0.634. The molecule has 2 atom stereocenters. The molecule has 1 aromatic carbocycles. The lowest BCUT2D eigenvalue weighted by molar-refractivity contribution is -0.167. The van der Waals surface area contributed by atoms with Crippen molar-refractivity contribution in [1.82, 2.24) is 14.7 Å². The molecule has 0 spiro atoms. The van der Waals surface area contributed by atoms with Gasteiger partial charge >= 0.3 is 0 Å². The third-order valence-corrected chi connectivity index (χ3v) is 5.98. The number of ether oxygens (including phenoxy) is 1. The molecular formula is C21H29N3O3. The molecule has 2 saturated heterocycles. The van der Waals surface area contributed by atoms with Crippen molar-refractivity contribution < 1.29 is 14.3 Å². The molecule has 0 N–H and O–H groups in total. The average Bonchev–Trinajstić information content (AvgIpc) is 3.52. The first-order valence-corrected chi connectivity index (χ1v) is 10.1. The van der Waals surface area contributed by atoms with Gasteiger partial charge in [0, 0.05) is 33.2 Å². The zero-order valence-electron chi connectivity index (χ0n) is 16.0. The number of hydrogen-bond donors (Lipinski definition) is 0. The van der Waals surface area contributed by atoms with Gasteiger partial charge in [0.05, 0.1) is 6.04 Å². The largest absolute Gasteiger partial charge is 0.356 e. The lowest BCUT2D eigenvalue weighted by Gasteiger charge is -2.40. The molecule has 6 heteroatoms. The van der Waals surface area contributed by atoms with E-state index in [0.717, 1.165) is 44.1 Å². The minimum Gasteiger partial charge on any atom is -0.356 e. The van der Waals surface area contributed by atoms with Crippen LogP contribution in [0, 0.1) is 5.92 Å². The second kappa shape index (κ2) is 7.98. The fraction of sp³-hybridized carbons (Fsp3) is 0.619. The summed E-state index contributed by atoms with van der Waals surface area (Å²) < 4.78 is 5.79. The zero-order valence-corrected chi connectivity index (χ0v) is 16.0. The van der Waals surface area contributed by atoms with Gasteiger partial charge in [0.1, 0.15) is 6.61 Å². The number of hydrogen-bond acceptors (Lipinski definition) is 4. The Morgan fingerprint density at radius 1 is 1.11 bits per heavy atom. The normalized spacial score (nSPS) is 27.5. The molecule has 6 nitrogen and oxygen atoms in total. The molecule has 3 aliphatic rings. The molecule has 27 heavy (non-hydrogen) atoms. The maximum atomic E-state index is 13.3. The first-order chi connectivity index (χ1) is 13.1. The van der Waals surface area contributed by atoms with E-state index in [1.165, 1.54) is 19.4 Å². The first-order valence-electron chi connectivity index (χ1n) is 10.1. The van der Waals surface area contributed by atoms with Crippen LogP contribution in [0.25, 0.3) is 0 Å². The van der Waals surface area contributed by atoms with Crippen molar-refractivity contribution in [2.75, 3.05) is 46.4 Å². The van der Waals surface area contributed by atoms with Crippen molar-refractivity contribution in [3.63, 3.8) is 0 Å². The third-order valence-electron chi connectivity index (χ3n) is 5.98. The van der Waals surface area contributed by atoms with Gasteiger partial charge in [-0.3, -0.25) is 9.59 Å². The highest BCUT2D eigenvalue weighted by Gasteiger charge is 2.42. The van der Waals surface area contributed by atoms with Crippen LogP contribution in [0.3, 0.4) is 0 Å². The van der Waals surface area contributed by atoms with Gasteiger partial charge in [-0.25, -0.2) is 0 Å². The molecule has 146 valence electrons. The van der Waals surface area contributed by atoms with E-state index in [0.29, 0.717) is 0 Å². The van der Waals surface area contributed by atoms with Crippen molar-refractivity contribution in [2.45, 2.75) is 31.4 Å². The van der Waals surface area contributed by atoms with Gasteiger partial charge in [-0.1, -0.05) is 30.3 Å². The van der Waals surface area contributed by atoms with Crippen LogP contribution >= 0.6 is 0 Å². The molecule has 2 aliphatic heterocycles. The molecule has 0 aromatic heterocycles. The molecule has 4 rings (SSSR count). The van der Waals surface area contributed by atoms with Gasteiger partial charge in [0.25, 0.3) is 5.91 Å². The highest BCUT2D eigenvalue weighted by molar-refractivity contribution is 5.86. The van der Waals surface area contributed by atoms with Crippen LogP contribution in [0.4, 0.5) is 0 Å². The summed E-state index contributed by atoms with van der Waals surface area (Å²) in [6.45, 7) is 4.64. The van der Waals surface area contributed by atoms with Crippen molar-refractivity contribution in [3.05, 3.63) is 35.9 Å². The summed E-state index contributed by atoms with van der Waals surface area (Å²) in [4.78, 5) is 31.6. The lowest BCUT2D eigenvalue weighted by Crippen LogP contribution is -2.54. The molecule has 0 bridgehead atoms. The summed E-state index contributed by atoms with van der Waals surface area (Å²) in [7, 11) is 1.77. The quantitative estimate of drug-likeness (QED) is 0.806. The number of carbonyl (C=O) groups is 2. The van der Waals surface area contributed by atoms with Crippen LogP contribution < -0.4 is 0 Å². The molecule has 3 fully saturated rings. The van der Waals surface area contributed by atoms with Crippen molar-refractivity contribution >= 4 is 11.8 Å². The fourth-order valence-corrected chi connectivity index (χ4v) is 4.19. The van der Waals surface area contributed by atoms with Gasteiger partial charge in [-0.05, 0) is 37.3 Å². The van der Waals surface area contributed by atoms with Crippen LogP contribution in [-0.4, -0.2) is 79.0 Å². The molecule has 2 unspecified atom stereocenters. The van der Waals surface area contributed by atoms with Crippen molar-refractivity contribution in [1.29, 1.82) is 0 Å². The van der Waals surface area contributed by atoms with E-state index in [1.54, 1.807) is 11.9 Å². The van der Waals surface area contributed by atoms with Crippen molar-refractivity contribution in [3.8, 4) is 0 Å². The standard InChI is InChI=1S/C21H29N3O3/c1-22-18(25)15-27-20(19(22)17-6-3-2-4-7-17)21(26)24-11-5-10-23(12-13-24)14-16-8-9-16/h2-4,6-7,16,19-20H,5,8-15H2,1H3. The average molecular weight is 371 g/mol. The van der Waals surface area contributed by atoms with E-state index in [2.05, 4.69) is 4.90 Å². The number of benzene rings is 1. The van der Waals surface area contributed by atoms with Crippen LogP contribution in [-0.2, 0) is 14.3 Å². The maximum absolute atomic E-state index is 13.3. The second-order valence-electron chi connectivity index (χ2n) is 8.01. The smallest absolute Gasteiger partial charge is 0.254 e. The van der Waals surface area contributed by atoms with Crippen LogP contribution in [0.15, 0.2) is 30.3 Å². The predicted molar refractivity (Wildman–Crippen MR) is 102 cm³/mol. The Morgan fingerprint density at radius 2 is 1.89 bits per heavy atom. The highest BCUT2D eigenvalue weighted by atomic mass is 16.5. The van der Waals surface area contributed by atoms with Gasteiger partial charge < -0.3 is 19.4 Å². The van der Waals surface area contributed by atoms with Crippen molar-refractivity contribution in [2.24, 2.45) is 5.92 Å². The SMILES string of the molecule is CN1C(=O)COC(C(=O)N2CCCN(CC3CC3)CC2)C1c1ccccc1. The zero-order chi connectivity index (χ0) is 18.8. The van der Waals surface area contributed by atoms with E-state index < -0.39 is 6.10 Å². The number of nitrogens with zero attached hydrogens (tertiary/aromatic N) is 3. The summed E-state index contributed by atoms with van der Waals surface area (Å²) in [6, 6.07) is 9.36. The topological polar surface area (TPSA) is 53.1 Å². The van der Waals surface area contributed by atoms with Gasteiger partial charge in [-0.15, -0.1) is 0 Å². The summed E-state index contributed by atoms with van der Waals surface area (Å²) in [6.07, 6.45) is 3.07. The van der Waals surface area contributed by atoms with E-state index in [4.69, 9.17) is 4.74 Å². The molecule has 2 heterocycles. The Bertz CT molecular complexity index is 677. The molecule has 2 amide bonds. The Kier molecular flexibility index (Phi) is 5.45. The van der Waals surface area contributed by atoms with Gasteiger partial charge in [0.2, 0.25) is 5.91 Å². The summed E-state index contributed by atoms with van der Waals surface area (Å²) in [5.41, 5.74) is 0.941. The van der Waals surface area contributed by atoms with Crippen LogP contribution in [0.1, 0.15) is 30.9 Å². The third kappa shape index (κ3) is 4.17. The summed E-state index contributed by atoms with van der Waals surface area (Å²) in [5, 5.41) is 0. The van der Waals surface area contributed by atoms with Crippen LogP contribution in [0.5, 0.6) is 0 Å². The number of rotatable bonds is 4. The van der Waals surface area contributed by atoms with E-state index in [1.807, 2.05) is 35.2 Å². The minimum absolute atomic E-state index is 0.0106. The maximum Gasteiger partial charge on any atom is 0.254 e. The number of likely N-dealkylation sites (N-methyl/N-ethyl adjacent to an activating group) is 1. The molecule has 1 saturated carbocycles. The molecular weight excluding hydrogens is 342 g/mol. The molecule has 1 aromatic rings. The Hall–Kier alpha value is -1.92. The molecule has 0 radical (unpaired) electrons. The van der Waals surface area contributed by atoms with Gasteiger partial charge in [0.15, 0.2) is 6.10 Å². The summed E-state index contributed by atoms with van der Waals surface area (Å²) in [5.74, 6) is 0.798. The number of carbonyl (C=O) groups excluding carboxylic acids is 2. The Balaban J connectivity index is 1.47. The number of morpholine rings is 1. The monoisotopic (exact) mass is 371 g/mol. The first kappa shape index (κ1) is 18.4. The molecule has 1 aliphatic carbocycles. The van der Waals surface area contributed by atoms with Gasteiger partial charge in [-0.2, -0.15) is 0 Å². The summed E-state index contributed by atoms with van der Waals surface area (Å²) >= 11 is 0. The Morgan fingerprint density at radius 3 is 2.63 bits per heavy atom. The van der Waals surface area contributed by atoms with E-state index in [9.17, 15) is 9.59 Å². The van der Waals surface area contributed by atoms with E-state index >= 15 is 0 Å². The van der Waals surface area contributed by atoms with Crippen LogP contribution in [0.2, 0.25) is 0 Å². The predicted octanol–water partition coefficient (Wildman–Crippen LogP) is 1.53. The fourth-order valence-electron chi connectivity index (χ4n) is 4.19. The highest BCUT2D eigenvalue weighted by Crippen LogP contribution is 2.31. The number of amides is 2. The second-order valence-corrected chi connectivity index (χ2v) is 8.01.